The Hall–Kier alpha value is -0.0800. The first-order valence-electron chi connectivity index (χ1n) is 5.70. The van der Waals surface area contributed by atoms with E-state index < -0.39 is 0 Å². The minimum absolute atomic E-state index is 0.675. The van der Waals surface area contributed by atoms with Gasteiger partial charge in [-0.3, -0.25) is 0 Å². The summed E-state index contributed by atoms with van der Waals surface area (Å²) in [7, 11) is 0. The molecule has 0 aromatic rings. The Balaban J connectivity index is 1.48. The number of nitrogens with one attached hydrogen (secondary N) is 2. The minimum atomic E-state index is 0.675. The largest absolute Gasteiger partial charge is 0.316 e. The lowest BCUT2D eigenvalue weighted by Crippen LogP contribution is -2.25. The van der Waals surface area contributed by atoms with Crippen LogP contribution in [0.4, 0.5) is 0 Å². The molecule has 1 aliphatic carbocycles. The third kappa shape index (κ3) is 2.96. The van der Waals surface area contributed by atoms with Gasteiger partial charge in [0.15, 0.2) is 0 Å². The molecule has 0 spiro atoms. The maximum absolute atomic E-state index is 3.59. The third-order valence-electron chi connectivity index (χ3n) is 3.55. The number of hydrogen-bond acceptors (Lipinski definition) is 2. The zero-order valence-electron chi connectivity index (χ0n) is 8.73. The minimum Gasteiger partial charge on any atom is -0.316 e. The monoisotopic (exact) mass is 182 g/mol. The molecule has 76 valence electrons. The second-order valence-corrected chi connectivity index (χ2v) is 5.13. The van der Waals surface area contributed by atoms with Crippen LogP contribution in [0.1, 0.15) is 32.6 Å². The van der Waals surface area contributed by atoms with Crippen molar-refractivity contribution in [2.45, 2.75) is 32.6 Å². The van der Waals surface area contributed by atoms with Gasteiger partial charge in [-0.2, -0.15) is 0 Å². The summed E-state index contributed by atoms with van der Waals surface area (Å²) in [4.78, 5) is 0. The highest BCUT2D eigenvalue weighted by molar-refractivity contribution is 4.90. The summed E-state index contributed by atoms with van der Waals surface area (Å²) in [5.74, 6) is 0.944. The molecule has 2 N–H and O–H groups in total. The first-order chi connectivity index (χ1) is 6.29. The predicted octanol–water partition coefficient (Wildman–Crippen LogP) is 1.38. The molecule has 0 radical (unpaired) electrons. The van der Waals surface area contributed by atoms with Gasteiger partial charge >= 0.3 is 0 Å². The van der Waals surface area contributed by atoms with E-state index in [0.29, 0.717) is 5.41 Å². The summed E-state index contributed by atoms with van der Waals surface area (Å²) < 4.78 is 0. The molecule has 2 nitrogen and oxygen atoms in total. The molecular formula is C11H22N2. The molecule has 2 fully saturated rings. The van der Waals surface area contributed by atoms with Gasteiger partial charge in [0.2, 0.25) is 0 Å². The Morgan fingerprint density at radius 2 is 2.31 bits per heavy atom. The predicted molar refractivity (Wildman–Crippen MR) is 55.8 cm³/mol. The molecular weight excluding hydrogens is 160 g/mol. The van der Waals surface area contributed by atoms with Crippen LogP contribution in [0.2, 0.25) is 0 Å². The van der Waals surface area contributed by atoms with Crippen molar-refractivity contribution in [1.29, 1.82) is 0 Å². The summed E-state index contributed by atoms with van der Waals surface area (Å²) in [5, 5.41) is 7.00. The van der Waals surface area contributed by atoms with E-state index in [1.54, 1.807) is 0 Å². The highest BCUT2D eigenvalue weighted by Gasteiger charge is 2.36. The highest BCUT2D eigenvalue weighted by atomic mass is 14.9. The van der Waals surface area contributed by atoms with E-state index in [-0.39, 0.29) is 0 Å². The molecule has 0 bridgehead atoms. The molecule has 1 heterocycles. The average molecular weight is 182 g/mol. The Morgan fingerprint density at radius 1 is 1.46 bits per heavy atom. The zero-order chi connectivity index (χ0) is 9.15. The number of rotatable bonds is 5. The standard InChI is InChI=1S/C11H22N2/c1-11(4-5-11)9-13-7-3-10-2-6-12-8-10/h10,12-13H,2-9H2,1H3. The van der Waals surface area contributed by atoms with E-state index in [1.165, 1.54) is 51.9 Å². The fourth-order valence-electron chi connectivity index (χ4n) is 2.05. The zero-order valence-corrected chi connectivity index (χ0v) is 8.73. The first-order valence-corrected chi connectivity index (χ1v) is 5.70. The quantitative estimate of drug-likeness (QED) is 0.628. The van der Waals surface area contributed by atoms with E-state index >= 15 is 0 Å². The van der Waals surface area contributed by atoms with E-state index in [9.17, 15) is 0 Å². The Morgan fingerprint density at radius 3 is 2.92 bits per heavy atom. The van der Waals surface area contributed by atoms with E-state index in [1.807, 2.05) is 0 Å². The van der Waals surface area contributed by atoms with Gasteiger partial charge in [-0.05, 0) is 56.7 Å². The maximum Gasteiger partial charge on any atom is 0.000517 e. The topological polar surface area (TPSA) is 24.1 Å². The van der Waals surface area contributed by atoms with Crippen LogP contribution >= 0.6 is 0 Å². The van der Waals surface area contributed by atoms with E-state index in [0.717, 1.165) is 5.92 Å². The van der Waals surface area contributed by atoms with E-state index in [4.69, 9.17) is 0 Å². The third-order valence-corrected chi connectivity index (χ3v) is 3.55. The second-order valence-electron chi connectivity index (χ2n) is 5.13. The molecule has 1 saturated carbocycles. The molecule has 13 heavy (non-hydrogen) atoms. The average Bonchev–Trinajstić information content (AvgIpc) is 2.69. The molecule has 0 aromatic heterocycles. The summed E-state index contributed by atoms with van der Waals surface area (Å²) >= 11 is 0. The van der Waals surface area contributed by atoms with Gasteiger partial charge in [-0.15, -0.1) is 0 Å². The Kier molecular flexibility index (Phi) is 2.89. The molecule has 2 aliphatic rings. The van der Waals surface area contributed by atoms with Crippen molar-refractivity contribution < 1.29 is 0 Å². The lowest BCUT2D eigenvalue weighted by Gasteiger charge is -2.12. The molecule has 1 aliphatic heterocycles. The van der Waals surface area contributed by atoms with Gasteiger partial charge in [-0.1, -0.05) is 6.92 Å². The summed E-state index contributed by atoms with van der Waals surface area (Å²) in [6.07, 6.45) is 5.62. The van der Waals surface area contributed by atoms with Gasteiger partial charge in [0, 0.05) is 6.54 Å². The summed E-state index contributed by atoms with van der Waals surface area (Å²) in [5.41, 5.74) is 0.675. The van der Waals surface area contributed by atoms with Gasteiger partial charge in [-0.25, -0.2) is 0 Å². The second kappa shape index (κ2) is 3.97. The van der Waals surface area contributed by atoms with Gasteiger partial charge < -0.3 is 10.6 Å². The van der Waals surface area contributed by atoms with Crippen molar-refractivity contribution in [1.82, 2.24) is 10.6 Å². The van der Waals surface area contributed by atoms with Crippen LogP contribution < -0.4 is 10.6 Å². The maximum atomic E-state index is 3.59. The van der Waals surface area contributed by atoms with Crippen molar-refractivity contribution >= 4 is 0 Å². The van der Waals surface area contributed by atoms with E-state index in [2.05, 4.69) is 17.6 Å². The smallest absolute Gasteiger partial charge is 0.000517 e. The summed E-state index contributed by atoms with van der Waals surface area (Å²) in [6, 6.07) is 0. The van der Waals surface area contributed by atoms with Crippen LogP contribution in [0.3, 0.4) is 0 Å². The number of hydrogen-bond donors (Lipinski definition) is 2. The van der Waals surface area contributed by atoms with Crippen molar-refractivity contribution in [2.75, 3.05) is 26.2 Å². The van der Waals surface area contributed by atoms with Gasteiger partial charge in [0.05, 0.1) is 0 Å². The SMILES string of the molecule is CC1(CNCCC2CCNC2)CC1. The van der Waals surface area contributed by atoms with Crippen LogP contribution in [0.15, 0.2) is 0 Å². The highest BCUT2D eigenvalue weighted by Crippen LogP contribution is 2.43. The molecule has 1 saturated heterocycles. The molecule has 0 aromatic carbocycles. The molecule has 2 heteroatoms. The fraction of sp³-hybridized carbons (Fsp3) is 1.00. The van der Waals surface area contributed by atoms with Crippen molar-refractivity contribution in [3.8, 4) is 0 Å². The summed E-state index contributed by atoms with van der Waals surface area (Å²) in [6.45, 7) is 7.34. The Labute approximate surface area is 81.5 Å². The van der Waals surface area contributed by atoms with Crippen LogP contribution in [0, 0.1) is 11.3 Å². The fourth-order valence-corrected chi connectivity index (χ4v) is 2.05. The molecule has 0 amide bonds. The molecule has 2 rings (SSSR count). The van der Waals surface area contributed by atoms with Crippen LogP contribution in [-0.4, -0.2) is 26.2 Å². The van der Waals surface area contributed by atoms with Crippen molar-refractivity contribution in [2.24, 2.45) is 11.3 Å². The normalized spacial score (nSPS) is 30.7. The van der Waals surface area contributed by atoms with Gasteiger partial charge in [0.25, 0.3) is 0 Å². The van der Waals surface area contributed by atoms with Crippen LogP contribution in [-0.2, 0) is 0 Å². The van der Waals surface area contributed by atoms with Crippen molar-refractivity contribution in [3.05, 3.63) is 0 Å². The van der Waals surface area contributed by atoms with Crippen molar-refractivity contribution in [3.63, 3.8) is 0 Å². The molecule has 1 atom stereocenters. The van der Waals surface area contributed by atoms with Crippen LogP contribution in [0.25, 0.3) is 0 Å². The van der Waals surface area contributed by atoms with Crippen LogP contribution in [0.5, 0.6) is 0 Å². The Bertz CT molecular complexity index is 157. The molecule has 1 unspecified atom stereocenters. The lowest BCUT2D eigenvalue weighted by molar-refractivity contribution is 0.453. The lowest BCUT2D eigenvalue weighted by atomic mass is 10.0. The van der Waals surface area contributed by atoms with Gasteiger partial charge in [0.1, 0.15) is 0 Å². The first kappa shape index (κ1) is 9.47.